The van der Waals surface area contributed by atoms with E-state index in [-0.39, 0.29) is 67.9 Å². The average Bonchev–Trinajstić information content (AvgIpc) is 3.35. The monoisotopic (exact) mass is 1050 g/mol. The number of hydrogen-bond donors (Lipinski definition) is 7. The largest absolute Gasteiger partial charge is 0.465 e. The van der Waals surface area contributed by atoms with Gasteiger partial charge in [-0.05, 0) is 94.2 Å². The van der Waals surface area contributed by atoms with Gasteiger partial charge in [-0.2, -0.15) is 0 Å². The van der Waals surface area contributed by atoms with Crippen molar-refractivity contribution < 1.29 is 52.9 Å². The zero-order valence-electron chi connectivity index (χ0n) is 45.2. The van der Waals surface area contributed by atoms with Crippen LogP contribution in [0.2, 0.25) is 0 Å². The lowest BCUT2D eigenvalue weighted by Gasteiger charge is -2.54. The summed E-state index contributed by atoms with van der Waals surface area (Å²) in [5.74, 6) is -2.46. The molecule has 414 valence electrons. The molecule has 3 aromatic rings. The van der Waals surface area contributed by atoms with Crippen LogP contribution in [0.5, 0.6) is 0 Å². The molecule has 0 radical (unpaired) electrons. The van der Waals surface area contributed by atoms with Crippen molar-refractivity contribution in [3.8, 4) is 0 Å². The molecule has 5 rings (SSSR count). The molecule has 19 nitrogen and oxygen atoms in total. The SMILES string of the molecule is CC(C)CC(NC(=O)C(Cc1ccccc1)NC(=O)C(Cc1ccccc1)NC(=O)O)C(=O)NC(CCCCNC(=O)OC(C)(C)C)C(=O)N1CC2(CCN(C(=O)C(CC(C)C)NC(=O)OCc3ccccc3)CC2)C1. The Morgan fingerprint density at radius 3 is 1.54 bits per heavy atom. The molecule has 2 fully saturated rings. The molecular weight excluding hydrogens is 973 g/mol. The highest BCUT2D eigenvalue weighted by Crippen LogP contribution is 2.41. The molecule has 7 N–H and O–H groups in total. The predicted octanol–water partition coefficient (Wildman–Crippen LogP) is 6.10. The number of unbranched alkanes of at least 4 members (excludes halogenated alkanes) is 1. The first-order valence-corrected chi connectivity index (χ1v) is 26.6. The summed E-state index contributed by atoms with van der Waals surface area (Å²) in [6.07, 6.45) is 0.407. The summed E-state index contributed by atoms with van der Waals surface area (Å²) in [7, 11) is 0. The van der Waals surface area contributed by atoms with Gasteiger partial charge in [-0.15, -0.1) is 0 Å². The number of nitrogens with zero attached hydrogens (tertiary/aromatic N) is 2. The van der Waals surface area contributed by atoms with E-state index in [0.29, 0.717) is 69.4 Å². The second-order valence-corrected chi connectivity index (χ2v) is 22.0. The van der Waals surface area contributed by atoms with Gasteiger partial charge in [0.25, 0.3) is 0 Å². The number of hydrogen-bond acceptors (Lipinski definition) is 10. The molecule has 0 bridgehead atoms. The number of carboxylic acid groups (broad SMARTS) is 1. The maximum absolute atomic E-state index is 14.5. The topological polar surface area (TPSA) is 254 Å². The van der Waals surface area contributed by atoms with Crippen LogP contribution >= 0.6 is 0 Å². The Hall–Kier alpha value is -7.18. The van der Waals surface area contributed by atoms with E-state index in [1.54, 1.807) is 85.2 Å². The summed E-state index contributed by atoms with van der Waals surface area (Å²) < 4.78 is 10.8. The molecule has 5 atom stereocenters. The van der Waals surface area contributed by atoms with Gasteiger partial charge in [0.15, 0.2) is 0 Å². The number of likely N-dealkylation sites (tertiary alicyclic amines) is 2. The summed E-state index contributed by atoms with van der Waals surface area (Å²) in [6, 6.07) is 21.8. The van der Waals surface area contributed by atoms with E-state index in [0.717, 1.165) is 5.56 Å². The number of ether oxygens (including phenoxy) is 2. The number of alkyl carbamates (subject to hydrolysis) is 2. The van der Waals surface area contributed by atoms with Gasteiger partial charge in [-0.25, -0.2) is 14.4 Å². The number of piperidine rings is 1. The molecule has 2 aliphatic rings. The van der Waals surface area contributed by atoms with E-state index < -0.39 is 71.8 Å². The lowest BCUT2D eigenvalue weighted by atomic mass is 9.71. The maximum Gasteiger partial charge on any atom is 0.408 e. The van der Waals surface area contributed by atoms with Crippen molar-refractivity contribution in [3.05, 3.63) is 108 Å². The highest BCUT2D eigenvalue weighted by Gasteiger charge is 2.49. The first-order valence-electron chi connectivity index (χ1n) is 26.6. The van der Waals surface area contributed by atoms with Crippen LogP contribution in [-0.4, -0.2) is 131 Å². The van der Waals surface area contributed by atoms with E-state index in [1.807, 2.05) is 64.1 Å². The van der Waals surface area contributed by atoms with Crippen molar-refractivity contribution in [1.82, 2.24) is 41.7 Å². The fourth-order valence-electron chi connectivity index (χ4n) is 9.50. The van der Waals surface area contributed by atoms with E-state index in [4.69, 9.17) is 9.47 Å². The van der Waals surface area contributed by atoms with Gasteiger partial charge < -0.3 is 56.3 Å². The van der Waals surface area contributed by atoms with Gasteiger partial charge in [0.2, 0.25) is 29.5 Å². The van der Waals surface area contributed by atoms with E-state index in [2.05, 4.69) is 31.9 Å². The Bertz CT molecular complexity index is 2380. The molecule has 2 saturated heterocycles. The third-order valence-electron chi connectivity index (χ3n) is 13.4. The Morgan fingerprint density at radius 2 is 1.03 bits per heavy atom. The summed E-state index contributed by atoms with van der Waals surface area (Å²) >= 11 is 0. The Balaban J connectivity index is 1.26. The molecule has 0 aromatic heterocycles. The van der Waals surface area contributed by atoms with Gasteiger partial charge in [-0.1, -0.05) is 119 Å². The van der Waals surface area contributed by atoms with Gasteiger partial charge in [0.1, 0.15) is 42.4 Å². The zero-order valence-corrected chi connectivity index (χ0v) is 45.2. The van der Waals surface area contributed by atoms with Crippen molar-refractivity contribution in [2.45, 2.75) is 149 Å². The van der Waals surface area contributed by atoms with Crippen LogP contribution in [0.4, 0.5) is 14.4 Å². The molecule has 76 heavy (non-hydrogen) atoms. The number of rotatable bonds is 25. The molecule has 2 aliphatic heterocycles. The van der Waals surface area contributed by atoms with Gasteiger partial charge in [0.05, 0.1) is 0 Å². The van der Waals surface area contributed by atoms with Crippen molar-refractivity contribution in [1.29, 1.82) is 0 Å². The molecule has 2 heterocycles. The van der Waals surface area contributed by atoms with Crippen LogP contribution in [0.25, 0.3) is 0 Å². The minimum atomic E-state index is -1.41. The quantitative estimate of drug-likeness (QED) is 0.0478. The number of amides is 8. The lowest BCUT2D eigenvalue weighted by molar-refractivity contribution is -0.153. The molecular formula is C57H80N8O11. The van der Waals surface area contributed by atoms with Crippen molar-refractivity contribution in [3.63, 3.8) is 0 Å². The second-order valence-electron chi connectivity index (χ2n) is 22.0. The number of carbonyl (C=O) groups is 8. The number of carbonyl (C=O) groups excluding carboxylic acids is 7. The molecule has 0 saturated carbocycles. The highest BCUT2D eigenvalue weighted by atomic mass is 16.6. The van der Waals surface area contributed by atoms with Gasteiger partial charge >= 0.3 is 18.3 Å². The van der Waals surface area contributed by atoms with E-state index >= 15 is 0 Å². The number of benzene rings is 3. The summed E-state index contributed by atoms with van der Waals surface area (Å²) in [4.78, 5) is 112. The minimum absolute atomic E-state index is 0.0198. The van der Waals surface area contributed by atoms with E-state index in [9.17, 15) is 43.5 Å². The molecule has 8 amide bonds. The van der Waals surface area contributed by atoms with Crippen molar-refractivity contribution in [2.24, 2.45) is 17.3 Å². The number of nitrogens with one attached hydrogen (secondary N) is 6. The first kappa shape index (κ1) is 59.7. The molecule has 5 unspecified atom stereocenters. The van der Waals surface area contributed by atoms with Crippen LogP contribution in [0, 0.1) is 17.3 Å². The Labute approximate surface area is 447 Å². The highest BCUT2D eigenvalue weighted by molar-refractivity contribution is 5.95. The first-order chi connectivity index (χ1) is 36.1. The fourth-order valence-corrected chi connectivity index (χ4v) is 9.50. The Morgan fingerprint density at radius 1 is 0.566 bits per heavy atom. The molecule has 3 aromatic carbocycles. The van der Waals surface area contributed by atoms with Crippen LogP contribution in [0.3, 0.4) is 0 Å². The summed E-state index contributed by atoms with van der Waals surface area (Å²) in [5.41, 5.74) is 1.30. The second kappa shape index (κ2) is 28.6. The molecule has 0 aliphatic carbocycles. The predicted molar refractivity (Wildman–Crippen MR) is 286 cm³/mol. The smallest absolute Gasteiger partial charge is 0.408 e. The fraction of sp³-hybridized carbons (Fsp3) is 0.544. The van der Waals surface area contributed by atoms with E-state index in [1.165, 1.54) is 0 Å². The molecule has 19 heteroatoms. The average molecular weight is 1050 g/mol. The molecule has 1 spiro atoms. The van der Waals surface area contributed by atoms with Gasteiger partial charge in [-0.3, -0.25) is 24.0 Å². The third-order valence-corrected chi connectivity index (χ3v) is 13.4. The zero-order chi connectivity index (χ0) is 55.4. The van der Waals surface area contributed by atoms with Crippen LogP contribution < -0.4 is 31.9 Å². The standard InChI is InChI=1S/C57H80N8O11/c1-38(2)31-44(60-49(67)45(33-40-19-11-8-12-20-40)61-50(68)46(62-53(71)72)34-41-21-13-9-14-22-41)48(66)59-43(25-17-18-28-58-54(73)76-56(5,6)7)51(69)65-36-57(37-65)26-29-64(30-27-57)52(70)47(32-39(3)4)63-55(74)75-35-42-23-15-10-16-24-42/h8-16,19-24,38-39,43-47,62H,17-18,25-37H2,1-7H3,(H,58,73)(H,59,66)(H,60,67)(H,61,68)(H,63,74)(H,71,72). The Kier molecular flexibility index (Phi) is 22.5. The van der Waals surface area contributed by atoms with Crippen molar-refractivity contribution >= 4 is 47.8 Å². The van der Waals surface area contributed by atoms with Crippen LogP contribution in [-0.2, 0) is 52.9 Å². The lowest BCUT2D eigenvalue weighted by Crippen LogP contribution is -2.66. The summed E-state index contributed by atoms with van der Waals surface area (Å²) in [6.45, 7) is 15.1. The summed E-state index contributed by atoms with van der Waals surface area (Å²) in [5, 5.41) is 26.0. The minimum Gasteiger partial charge on any atom is -0.465 e. The van der Waals surface area contributed by atoms with Crippen LogP contribution in [0.15, 0.2) is 91.0 Å². The van der Waals surface area contributed by atoms with Crippen LogP contribution in [0.1, 0.15) is 110 Å². The van der Waals surface area contributed by atoms with Crippen molar-refractivity contribution in [2.75, 3.05) is 32.7 Å². The maximum atomic E-state index is 14.5. The van der Waals surface area contributed by atoms with Gasteiger partial charge in [0, 0.05) is 51.0 Å². The normalized spacial score (nSPS) is 16.0. The third kappa shape index (κ3) is 19.8.